The second-order valence-corrected chi connectivity index (χ2v) is 22.3. The molecule has 1 unspecified atom stereocenters. The highest BCUT2D eigenvalue weighted by Crippen LogP contribution is 2.16. The third-order valence-electron chi connectivity index (χ3n) is 14.3. The van der Waals surface area contributed by atoms with Gasteiger partial charge in [-0.2, -0.15) is 0 Å². The van der Waals surface area contributed by atoms with Crippen molar-refractivity contribution in [3.05, 3.63) is 134 Å². The first-order chi connectivity index (χ1) is 40.5. The van der Waals surface area contributed by atoms with Crippen molar-refractivity contribution >= 4 is 17.9 Å². The highest BCUT2D eigenvalue weighted by Gasteiger charge is 2.19. The first-order valence-corrected chi connectivity index (χ1v) is 34.2. The van der Waals surface area contributed by atoms with Crippen LogP contribution in [0.4, 0.5) is 0 Å². The Morgan fingerprint density at radius 3 is 0.829 bits per heavy atom. The summed E-state index contributed by atoms with van der Waals surface area (Å²) in [6.45, 7) is 6.43. The molecule has 0 radical (unpaired) electrons. The molecule has 466 valence electrons. The van der Waals surface area contributed by atoms with Crippen LogP contribution in [0, 0.1) is 0 Å². The predicted octanol–water partition coefficient (Wildman–Crippen LogP) is 23.7. The SMILES string of the molecule is CC/C=C\C/C=C\C/C=C\C/C=C\C/C=C\C/C=C\C/C=C\C/C=C\CCCCC(=O)OCC(COC(=O)CCCCCCC/C=C\CCC)OC(=O)CCCCCCCCCCCCCCCCC/C=C\C/C=C\CCCCCCC. The third kappa shape index (κ3) is 66.4. The molecule has 0 saturated carbocycles. The Morgan fingerprint density at radius 2 is 0.500 bits per heavy atom. The van der Waals surface area contributed by atoms with Gasteiger partial charge in [0.1, 0.15) is 13.2 Å². The zero-order valence-electron chi connectivity index (χ0n) is 53.5. The fraction of sp³-hybridized carbons (Fsp3) is 0.671. The second kappa shape index (κ2) is 69.0. The highest BCUT2D eigenvalue weighted by atomic mass is 16.6. The number of unbranched alkanes of at least 4 members (excludes halogenated alkanes) is 28. The van der Waals surface area contributed by atoms with Crippen molar-refractivity contribution in [2.45, 2.75) is 316 Å². The maximum Gasteiger partial charge on any atom is 0.306 e. The van der Waals surface area contributed by atoms with Gasteiger partial charge in [0, 0.05) is 19.3 Å². The number of esters is 3. The van der Waals surface area contributed by atoms with Gasteiger partial charge in [0.2, 0.25) is 0 Å². The molecule has 0 fully saturated rings. The van der Waals surface area contributed by atoms with Crippen molar-refractivity contribution < 1.29 is 28.6 Å². The summed E-state index contributed by atoms with van der Waals surface area (Å²) in [7, 11) is 0. The lowest BCUT2D eigenvalue weighted by Gasteiger charge is -2.18. The number of carbonyl (C=O) groups excluding carboxylic acids is 3. The molecule has 0 N–H and O–H groups in total. The Kier molecular flexibility index (Phi) is 65.3. The maximum absolute atomic E-state index is 12.9. The van der Waals surface area contributed by atoms with E-state index in [-0.39, 0.29) is 31.1 Å². The van der Waals surface area contributed by atoms with E-state index in [2.05, 4.69) is 154 Å². The van der Waals surface area contributed by atoms with Crippen LogP contribution in [0.15, 0.2) is 134 Å². The third-order valence-corrected chi connectivity index (χ3v) is 14.3. The number of rotatable bonds is 61. The van der Waals surface area contributed by atoms with Gasteiger partial charge in [0.05, 0.1) is 0 Å². The highest BCUT2D eigenvalue weighted by molar-refractivity contribution is 5.71. The van der Waals surface area contributed by atoms with E-state index >= 15 is 0 Å². The monoisotopic (exact) mass is 1130 g/mol. The van der Waals surface area contributed by atoms with Crippen molar-refractivity contribution in [1.82, 2.24) is 0 Å². The van der Waals surface area contributed by atoms with Crippen LogP contribution in [0.25, 0.3) is 0 Å². The van der Waals surface area contributed by atoms with E-state index in [9.17, 15) is 14.4 Å². The normalized spacial score (nSPS) is 13.0. The largest absolute Gasteiger partial charge is 0.462 e. The molecular weight excluding hydrogens is 1010 g/mol. The standard InChI is InChI=1S/C76H126O6/c1-4-7-10-13-16-19-22-24-26-28-30-32-34-36-38-40-42-44-46-48-50-52-54-57-60-63-66-69-75(78)81-72-73(71-80-74(77)68-65-62-59-56-21-18-15-12-9-6-3)82-76(79)70-67-64-61-58-55-53-51-49-47-45-43-41-39-37-35-33-31-29-27-25-23-20-17-14-11-8-5-2/h7,10,12,15-16,19,23-26,29-32,36,38,42,44,48,50,54,57,73H,4-6,8-9,11,13-14,17-18,20-22,27-28,33-35,37,39-41,43,45-47,49,51-53,55-56,58-72H2,1-3H3/b10-7-,15-12-,19-16-,25-23-,26-24-,31-29-,32-30-,38-36-,44-42-,50-48-,57-54-. The van der Waals surface area contributed by atoms with Crippen LogP contribution in [0.1, 0.15) is 310 Å². The number of allylic oxidation sites excluding steroid dienone is 22. The van der Waals surface area contributed by atoms with Crippen LogP contribution in [0.3, 0.4) is 0 Å². The molecule has 0 aromatic carbocycles. The summed E-state index contributed by atoms with van der Waals surface area (Å²) >= 11 is 0. The van der Waals surface area contributed by atoms with Crippen molar-refractivity contribution in [3.8, 4) is 0 Å². The van der Waals surface area contributed by atoms with Crippen molar-refractivity contribution in [3.63, 3.8) is 0 Å². The van der Waals surface area contributed by atoms with Crippen molar-refractivity contribution in [2.24, 2.45) is 0 Å². The van der Waals surface area contributed by atoms with Crippen molar-refractivity contribution in [1.29, 1.82) is 0 Å². The fourth-order valence-electron chi connectivity index (χ4n) is 9.26. The van der Waals surface area contributed by atoms with E-state index in [4.69, 9.17) is 14.2 Å². The molecule has 0 heterocycles. The van der Waals surface area contributed by atoms with E-state index in [1.54, 1.807) is 0 Å². The molecule has 0 aromatic rings. The predicted molar refractivity (Wildman–Crippen MR) is 357 cm³/mol. The smallest absolute Gasteiger partial charge is 0.306 e. The minimum Gasteiger partial charge on any atom is -0.462 e. The molecule has 0 aliphatic carbocycles. The van der Waals surface area contributed by atoms with E-state index < -0.39 is 6.10 Å². The Labute approximate surface area is 506 Å². The lowest BCUT2D eigenvalue weighted by molar-refractivity contribution is -0.167. The van der Waals surface area contributed by atoms with E-state index in [1.807, 2.05) is 0 Å². The van der Waals surface area contributed by atoms with Gasteiger partial charge in [0.25, 0.3) is 0 Å². The summed E-state index contributed by atoms with van der Waals surface area (Å²) < 4.78 is 16.9. The fourth-order valence-corrected chi connectivity index (χ4v) is 9.26. The molecule has 0 spiro atoms. The van der Waals surface area contributed by atoms with E-state index in [0.717, 1.165) is 128 Å². The molecule has 82 heavy (non-hydrogen) atoms. The van der Waals surface area contributed by atoms with Gasteiger partial charge in [-0.05, 0) is 135 Å². The molecule has 0 aliphatic rings. The summed E-state index contributed by atoms with van der Waals surface area (Å²) in [5, 5.41) is 0. The maximum atomic E-state index is 12.9. The lowest BCUT2D eigenvalue weighted by atomic mass is 10.0. The van der Waals surface area contributed by atoms with Crippen LogP contribution in [0.2, 0.25) is 0 Å². The number of carbonyl (C=O) groups is 3. The topological polar surface area (TPSA) is 78.9 Å². The molecular formula is C76H126O6. The van der Waals surface area contributed by atoms with Crippen molar-refractivity contribution in [2.75, 3.05) is 13.2 Å². The minimum atomic E-state index is -0.804. The van der Waals surface area contributed by atoms with Gasteiger partial charge in [0.15, 0.2) is 6.10 Å². The van der Waals surface area contributed by atoms with Gasteiger partial charge in [-0.25, -0.2) is 0 Å². The average molecular weight is 1140 g/mol. The molecule has 0 aromatic heterocycles. The molecule has 1 atom stereocenters. The molecule has 0 saturated heterocycles. The summed E-state index contributed by atoms with van der Waals surface area (Å²) in [6, 6.07) is 0. The number of hydrogen-bond acceptors (Lipinski definition) is 6. The first-order valence-electron chi connectivity index (χ1n) is 34.2. The Morgan fingerprint density at radius 1 is 0.256 bits per heavy atom. The number of hydrogen-bond donors (Lipinski definition) is 0. The van der Waals surface area contributed by atoms with E-state index in [1.165, 1.54) is 135 Å². The van der Waals surface area contributed by atoms with Crippen LogP contribution >= 0.6 is 0 Å². The van der Waals surface area contributed by atoms with Crippen LogP contribution in [0.5, 0.6) is 0 Å². The quantitative estimate of drug-likeness (QED) is 0.0261. The molecule has 0 bridgehead atoms. The lowest BCUT2D eigenvalue weighted by Crippen LogP contribution is -2.30. The van der Waals surface area contributed by atoms with Gasteiger partial charge in [-0.15, -0.1) is 0 Å². The molecule has 0 aliphatic heterocycles. The van der Waals surface area contributed by atoms with E-state index in [0.29, 0.717) is 25.7 Å². The second-order valence-electron chi connectivity index (χ2n) is 22.3. The van der Waals surface area contributed by atoms with Gasteiger partial charge < -0.3 is 14.2 Å². The minimum absolute atomic E-state index is 0.0986. The molecule has 0 rings (SSSR count). The van der Waals surface area contributed by atoms with Crippen LogP contribution in [-0.4, -0.2) is 37.2 Å². The summed E-state index contributed by atoms with van der Waals surface area (Å²) in [5.41, 5.74) is 0. The van der Waals surface area contributed by atoms with Crippen LogP contribution in [-0.2, 0) is 28.6 Å². The van der Waals surface area contributed by atoms with Crippen LogP contribution < -0.4 is 0 Å². The van der Waals surface area contributed by atoms with Gasteiger partial charge in [-0.1, -0.05) is 289 Å². The Bertz CT molecular complexity index is 1730. The molecule has 6 heteroatoms. The average Bonchev–Trinajstić information content (AvgIpc) is 3.48. The summed E-state index contributed by atoms with van der Waals surface area (Å²) in [4.78, 5) is 38.3. The number of ether oxygens (including phenoxy) is 3. The summed E-state index contributed by atoms with van der Waals surface area (Å²) in [5.74, 6) is -0.950. The molecule has 0 amide bonds. The zero-order valence-corrected chi connectivity index (χ0v) is 53.5. The summed E-state index contributed by atoms with van der Waals surface area (Å²) in [6.07, 6.45) is 97.7. The zero-order chi connectivity index (χ0) is 59.2. The van der Waals surface area contributed by atoms with Gasteiger partial charge >= 0.3 is 17.9 Å². The first kappa shape index (κ1) is 77.5. The van der Waals surface area contributed by atoms with Gasteiger partial charge in [-0.3, -0.25) is 14.4 Å². The Hall–Kier alpha value is -4.45. The molecule has 6 nitrogen and oxygen atoms in total. The Balaban J connectivity index is 4.31.